The van der Waals surface area contributed by atoms with E-state index in [0.717, 1.165) is 16.7 Å². The molecule has 0 bridgehead atoms. The Balaban J connectivity index is 1.41. The quantitative estimate of drug-likeness (QED) is 0.604. The second-order valence-corrected chi connectivity index (χ2v) is 5.87. The maximum Gasteiger partial charge on any atom is 0.335 e. The number of nitrogens with zero attached hydrogens (tertiary/aromatic N) is 2. The molecule has 3 rings (SSSR count). The molecule has 0 saturated heterocycles. The molecule has 2 aromatic rings. The predicted molar refractivity (Wildman–Crippen MR) is 78.0 cm³/mol. The molecule has 0 spiro atoms. The van der Waals surface area contributed by atoms with Gasteiger partial charge in [0, 0.05) is 11.7 Å². The molecule has 0 radical (unpaired) electrons. The summed E-state index contributed by atoms with van der Waals surface area (Å²) in [7, 11) is 0. The summed E-state index contributed by atoms with van der Waals surface area (Å²) in [4.78, 5) is 15.1. The van der Waals surface area contributed by atoms with Crippen LogP contribution in [-0.2, 0) is 0 Å². The van der Waals surface area contributed by atoms with E-state index in [0.29, 0.717) is 18.3 Å². The number of hydrogen-bond donors (Lipinski definition) is 2. The monoisotopic (exact) mass is 305 g/mol. The first-order valence-corrected chi connectivity index (χ1v) is 7.72. The maximum absolute atomic E-state index is 10.7. The number of hydrogen-bond acceptors (Lipinski definition) is 5. The van der Waals surface area contributed by atoms with Crippen molar-refractivity contribution in [2.75, 3.05) is 12.4 Å². The number of carboxylic acids is 1. The van der Waals surface area contributed by atoms with Crippen LogP contribution in [0.15, 0.2) is 29.4 Å². The fraction of sp³-hybridized carbons (Fsp3) is 0.357. The van der Waals surface area contributed by atoms with E-state index in [1.54, 1.807) is 23.9 Å². The van der Waals surface area contributed by atoms with Crippen molar-refractivity contribution in [1.29, 1.82) is 0 Å². The van der Waals surface area contributed by atoms with Crippen LogP contribution in [0.2, 0.25) is 0 Å². The standard InChI is InChI=1S/C14H15N3O3S/c18-13(19)10-3-5-11(6-4-10)20-7-8-21-14-15-12(16-17-14)9-1-2-9/h3-6,9H,1-2,7-8H2,(H,18,19)(H,15,16,17). The predicted octanol–water partition coefficient (Wildman–Crippen LogP) is 2.55. The molecule has 0 atom stereocenters. The molecule has 1 aromatic heterocycles. The second kappa shape index (κ2) is 6.17. The lowest BCUT2D eigenvalue weighted by atomic mass is 10.2. The molecular weight excluding hydrogens is 290 g/mol. The van der Waals surface area contributed by atoms with Gasteiger partial charge in [0.05, 0.1) is 12.2 Å². The van der Waals surface area contributed by atoms with Crippen LogP contribution >= 0.6 is 11.8 Å². The summed E-state index contributed by atoms with van der Waals surface area (Å²) in [5, 5.41) is 16.7. The topological polar surface area (TPSA) is 88.1 Å². The van der Waals surface area contributed by atoms with Crippen LogP contribution in [0.5, 0.6) is 5.75 Å². The SMILES string of the molecule is O=C(O)c1ccc(OCCSc2n[nH]c(C3CC3)n2)cc1. The first-order chi connectivity index (χ1) is 10.2. The summed E-state index contributed by atoms with van der Waals surface area (Å²) in [6, 6.07) is 6.38. The Labute approximate surface area is 125 Å². The third kappa shape index (κ3) is 3.75. The molecule has 110 valence electrons. The number of H-pyrrole nitrogens is 1. The third-order valence-electron chi connectivity index (χ3n) is 3.13. The van der Waals surface area contributed by atoms with Gasteiger partial charge in [-0.2, -0.15) is 0 Å². The van der Waals surface area contributed by atoms with Gasteiger partial charge < -0.3 is 9.84 Å². The zero-order valence-electron chi connectivity index (χ0n) is 11.3. The largest absolute Gasteiger partial charge is 0.493 e. The number of aromatic amines is 1. The molecule has 6 nitrogen and oxygen atoms in total. The summed E-state index contributed by atoms with van der Waals surface area (Å²) < 4.78 is 5.55. The normalized spacial score (nSPS) is 14.1. The highest BCUT2D eigenvalue weighted by Crippen LogP contribution is 2.38. The average Bonchev–Trinajstić information content (AvgIpc) is 3.24. The Bertz CT molecular complexity index is 623. The highest BCUT2D eigenvalue weighted by atomic mass is 32.2. The summed E-state index contributed by atoms with van der Waals surface area (Å²) in [6.07, 6.45) is 2.41. The summed E-state index contributed by atoms with van der Waals surface area (Å²) >= 11 is 1.54. The van der Waals surface area contributed by atoms with Crippen molar-refractivity contribution in [3.05, 3.63) is 35.7 Å². The number of aromatic nitrogens is 3. The fourth-order valence-corrected chi connectivity index (χ4v) is 2.47. The van der Waals surface area contributed by atoms with Crippen molar-refractivity contribution in [2.24, 2.45) is 0 Å². The van der Waals surface area contributed by atoms with Crippen molar-refractivity contribution in [1.82, 2.24) is 15.2 Å². The number of carboxylic acid groups (broad SMARTS) is 1. The van der Waals surface area contributed by atoms with E-state index < -0.39 is 5.97 Å². The van der Waals surface area contributed by atoms with E-state index >= 15 is 0 Å². The molecule has 1 aliphatic rings. The Morgan fingerprint density at radius 3 is 2.81 bits per heavy atom. The maximum atomic E-state index is 10.7. The van der Waals surface area contributed by atoms with E-state index in [9.17, 15) is 4.79 Å². The molecule has 7 heteroatoms. The van der Waals surface area contributed by atoms with E-state index in [2.05, 4.69) is 15.2 Å². The minimum absolute atomic E-state index is 0.255. The first kappa shape index (κ1) is 13.9. The van der Waals surface area contributed by atoms with Crippen molar-refractivity contribution >= 4 is 17.7 Å². The number of nitrogens with one attached hydrogen (secondary N) is 1. The number of carbonyl (C=O) groups is 1. The lowest BCUT2D eigenvalue weighted by Gasteiger charge is -2.05. The zero-order valence-corrected chi connectivity index (χ0v) is 12.1. The second-order valence-electron chi connectivity index (χ2n) is 4.80. The minimum Gasteiger partial charge on any atom is -0.493 e. The molecular formula is C14H15N3O3S. The van der Waals surface area contributed by atoms with Crippen LogP contribution in [0, 0.1) is 0 Å². The molecule has 0 unspecified atom stereocenters. The highest BCUT2D eigenvalue weighted by Gasteiger charge is 2.27. The smallest absolute Gasteiger partial charge is 0.335 e. The molecule has 1 heterocycles. The molecule has 21 heavy (non-hydrogen) atoms. The van der Waals surface area contributed by atoms with Gasteiger partial charge in [-0.3, -0.25) is 5.10 Å². The van der Waals surface area contributed by atoms with Crippen molar-refractivity contribution < 1.29 is 14.6 Å². The Kier molecular flexibility index (Phi) is 4.10. The number of rotatable bonds is 7. The lowest BCUT2D eigenvalue weighted by Crippen LogP contribution is -2.01. The van der Waals surface area contributed by atoms with Crippen LogP contribution in [-0.4, -0.2) is 38.6 Å². The fourth-order valence-electron chi connectivity index (χ4n) is 1.85. The summed E-state index contributed by atoms with van der Waals surface area (Å²) in [5.41, 5.74) is 0.255. The molecule has 1 aromatic carbocycles. The van der Waals surface area contributed by atoms with E-state index in [1.165, 1.54) is 25.0 Å². The Morgan fingerprint density at radius 2 is 2.14 bits per heavy atom. The first-order valence-electron chi connectivity index (χ1n) is 6.73. The van der Waals surface area contributed by atoms with E-state index in [-0.39, 0.29) is 5.56 Å². The van der Waals surface area contributed by atoms with Gasteiger partial charge in [0.2, 0.25) is 5.16 Å². The van der Waals surface area contributed by atoms with Crippen LogP contribution in [0.25, 0.3) is 0 Å². The molecule has 2 N–H and O–H groups in total. The third-order valence-corrected chi connectivity index (χ3v) is 3.94. The van der Waals surface area contributed by atoms with Gasteiger partial charge in [-0.15, -0.1) is 5.10 Å². The minimum atomic E-state index is -0.937. The zero-order chi connectivity index (χ0) is 14.7. The van der Waals surface area contributed by atoms with E-state index in [1.807, 2.05) is 0 Å². The highest BCUT2D eigenvalue weighted by molar-refractivity contribution is 7.99. The summed E-state index contributed by atoms with van der Waals surface area (Å²) in [5.74, 6) is 2.03. The van der Waals surface area contributed by atoms with Crippen LogP contribution in [0.4, 0.5) is 0 Å². The molecule has 1 saturated carbocycles. The van der Waals surface area contributed by atoms with Gasteiger partial charge in [0.1, 0.15) is 11.6 Å². The number of aromatic carboxylic acids is 1. The van der Waals surface area contributed by atoms with Gasteiger partial charge in [-0.05, 0) is 37.1 Å². The van der Waals surface area contributed by atoms with Crippen molar-refractivity contribution in [3.63, 3.8) is 0 Å². The van der Waals surface area contributed by atoms with Gasteiger partial charge in [-0.25, -0.2) is 9.78 Å². The molecule has 0 aliphatic heterocycles. The molecule has 1 aliphatic carbocycles. The van der Waals surface area contributed by atoms with Crippen molar-refractivity contribution in [3.8, 4) is 5.75 Å². The van der Waals surface area contributed by atoms with E-state index in [4.69, 9.17) is 9.84 Å². The Hall–Kier alpha value is -2.02. The average molecular weight is 305 g/mol. The number of thioether (sulfide) groups is 1. The lowest BCUT2D eigenvalue weighted by molar-refractivity contribution is 0.0697. The van der Waals surface area contributed by atoms with Crippen LogP contribution in [0.1, 0.15) is 34.9 Å². The van der Waals surface area contributed by atoms with Gasteiger partial charge in [0.25, 0.3) is 0 Å². The Morgan fingerprint density at radius 1 is 1.38 bits per heavy atom. The van der Waals surface area contributed by atoms with Gasteiger partial charge in [0.15, 0.2) is 0 Å². The van der Waals surface area contributed by atoms with Gasteiger partial charge >= 0.3 is 5.97 Å². The summed E-state index contributed by atoms with van der Waals surface area (Å²) in [6.45, 7) is 0.518. The van der Waals surface area contributed by atoms with Crippen LogP contribution < -0.4 is 4.74 Å². The number of ether oxygens (including phenoxy) is 1. The van der Waals surface area contributed by atoms with Crippen LogP contribution in [0.3, 0.4) is 0 Å². The van der Waals surface area contributed by atoms with Crippen molar-refractivity contribution in [2.45, 2.75) is 23.9 Å². The molecule has 0 amide bonds. The molecule has 1 fully saturated rings. The van der Waals surface area contributed by atoms with Gasteiger partial charge in [-0.1, -0.05) is 11.8 Å². The number of benzene rings is 1.